The van der Waals surface area contributed by atoms with E-state index in [4.69, 9.17) is 9.47 Å². The molecule has 3 rings (SSSR count). The minimum absolute atomic E-state index is 0.667. The molecule has 0 radical (unpaired) electrons. The average molecular weight is 343 g/mol. The number of hydrogen-bond donors (Lipinski definition) is 0. The summed E-state index contributed by atoms with van der Waals surface area (Å²) in [6.45, 7) is 4.92. The van der Waals surface area contributed by atoms with Crippen molar-refractivity contribution in [2.45, 2.75) is 20.4 Å². The van der Waals surface area contributed by atoms with Crippen LogP contribution in [0, 0.1) is 13.8 Å². The normalized spacial score (nSPS) is 10.9. The first-order valence-electron chi connectivity index (χ1n) is 7.68. The van der Waals surface area contributed by atoms with Crippen LogP contribution in [0.2, 0.25) is 0 Å². The van der Waals surface area contributed by atoms with E-state index < -0.39 is 0 Å². The van der Waals surface area contributed by atoms with Crippen LogP contribution in [-0.4, -0.2) is 31.2 Å². The number of thiophene rings is 1. The Labute approximate surface area is 145 Å². The van der Waals surface area contributed by atoms with Gasteiger partial charge in [-0.15, -0.1) is 11.3 Å². The number of fused-ring (bicyclic) bond motifs is 1. The lowest BCUT2D eigenvalue weighted by molar-refractivity contribution is 0.351. The zero-order valence-electron chi connectivity index (χ0n) is 14.6. The second kappa shape index (κ2) is 6.65. The molecule has 0 fully saturated rings. The Morgan fingerprint density at radius 3 is 2.62 bits per heavy atom. The van der Waals surface area contributed by atoms with Crippen molar-refractivity contribution in [2.75, 3.05) is 26.2 Å². The van der Waals surface area contributed by atoms with E-state index >= 15 is 0 Å². The molecule has 0 aliphatic carbocycles. The van der Waals surface area contributed by atoms with Gasteiger partial charge in [-0.1, -0.05) is 12.1 Å². The average Bonchev–Trinajstić information content (AvgIpc) is 2.89. The van der Waals surface area contributed by atoms with Gasteiger partial charge in [-0.05, 0) is 25.5 Å². The number of aromatic nitrogens is 2. The molecule has 1 aromatic carbocycles. The highest BCUT2D eigenvalue weighted by molar-refractivity contribution is 7.18. The van der Waals surface area contributed by atoms with Crippen molar-refractivity contribution in [3.63, 3.8) is 0 Å². The number of rotatable bonds is 5. The number of benzene rings is 1. The highest BCUT2D eigenvalue weighted by Crippen LogP contribution is 2.36. The van der Waals surface area contributed by atoms with E-state index in [1.807, 2.05) is 25.2 Å². The third kappa shape index (κ3) is 2.78. The zero-order valence-corrected chi connectivity index (χ0v) is 15.4. The van der Waals surface area contributed by atoms with Gasteiger partial charge in [0.1, 0.15) is 17.0 Å². The summed E-state index contributed by atoms with van der Waals surface area (Å²) in [5, 5.41) is 1.13. The first kappa shape index (κ1) is 16.5. The maximum Gasteiger partial charge on any atom is 0.165 e. The van der Waals surface area contributed by atoms with Crippen LogP contribution in [0.15, 0.2) is 24.5 Å². The van der Waals surface area contributed by atoms with E-state index in [1.54, 1.807) is 31.9 Å². The van der Waals surface area contributed by atoms with Gasteiger partial charge in [-0.3, -0.25) is 0 Å². The lowest BCUT2D eigenvalue weighted by atomic mass is 10.1. The molecule has 2 aromatic heterocycles. The fourth-order valence-electron chi connectivity index (χ4n) is 2.86. The molecule has 126 valence electrons. The SMILES string of the molecule is COc1cccc(CN(C)c2ncnc3sc(C)c(C)c23)c1OC. The molecule has 0 saturated carbocycles. The first-order chi connectivity index (χ1) is 11.6. The summed E-state index contributed by atoms with van der Waals surface area (Å²) in [6.07, 6.45) is 1.63. The molecule has 0 spiro atoms. The Morgan fingerprint density at radius 1 is 1.12 bits per heavy atom. The fraction of sp³-hybridized carbons (Fsp3) is 0.333. The van der Waals surface area contributed by atoms with Crippen molar-refractivity contribution in [1.82, 2.24) is 9.97 Å². The Hall–Kier alpha value is -2.34. The molecule has 0 atom stereocenters. The highest BCUT2D eigenvalue weighted by atomic mass is 32.1. The number of para-hydroxylation sites is 1. The first-order valence-corrected chi connectivity index (χ1v) is 8.50. The highest BCUT2D eigenvalue weighted by Gasteiger charge is 2.17. The van der Waals surface area contributed by atoms with Crippen molar-refractivity contribution < 1.29 is 9.47 Å². The topological polar surface area (TPSA) is 47.5 Å². The lowest BCUT2D eigenvalue weighted by Crippen LogP contribution is -2.18. The predicted molar refractivity (Wildman–Crippen MR) is 98.5 cm³/mol. The third-order valence-electron chi connectivity index (χ3n) is 4.20. The number of methoxy groups -OCH3 is 2. The number of aryl methyl sites for hydroxylation is 2. The molecule has 3 aromatic rings. The van der Waals surface area contributed by atoms with Crippen molar-refractivity contribution in [1.29, 1.82) is 0 Å². The van der Waals surface area contributed by atoms with Gasteiger partial charge >= 0.3 is 0 Å². The molecule has 0 unspecified atom stereocenters. The molecule has 0 saturated heterocycles. The fourth-order valence-corrected chi connectivity index (χ4v) is 3.85. The largest absolute Gasteiger partial charge is 0.493 e. The van der Waals surface area contributed by atoms with E-state index in [0.717, 1.165) is 33.1 Å². The van der Waals surface area contributed by atoms with E-state index in [9.17, 15) is 0 Å². The van der Waals surface area contributed by atoms with Crippen LogP contribution in [0.5, 0.6) is 11.5 Å². The van der Waals surface area contributed by atoms with Gasteiger partial charge in [-0.25, -0.2) is 9.97 Å². The Bertz CT molecular complexity index is 876. The standard InChI is InChI=1S/C18H21N3O2S/c1-11-12(2)24-18-15(11)17(19-10-20-18)21(3)9-13-7-6-8-14(22-4)16(13)23-5/h6-8,10H,9H2,1-5H3. The van der Waals surface area contributed by atoms with Gasteiger partial charge in [0.05, 0.1) is 19.6 Å². The van der Waals surface area contributed by atoms with Crippen LogP contribution in [0.3, 0.4) is 0 Å². The molecular formula is C18H21N3O2S. The van der Waals surface area contributed by atoms with E-state index in [2.05, 4.69) is 28.7 Å². The van der Waals surface area contributed by atoms with Crippen molar-refractivity contribution in [3.05, 3.63) is 40.5 Å². The molecule has 0 aliphatic heterocycles. The van der Waals surface area contributed by atoms with Gasteiger partial charge in [0.2, 0.25) is 0 Å². The zero-order chi connectivity index (χ0) is 17.3. The molecule has 24 heavy (non-hydrogen) atoms. The number of anilines is 1. The molecule has 0 aliphatic rings. The lowest BCUT2D eigenvalue weighted by Gasteiger charge is -2.21. The summed E-state index contributed by atoms with van der Waals surface area (Å²) in [4.78, 5) is 13.4. The van der Waals surface area contributed by atoms with Gasteiger partial charge in [0.15, 0.2) is 11.5 Å². The molecule has 5 nitrogen and oxygen atoms in total. The molecular weight excluding hydrogens is 322 g/mol. The summed E-state index contributed by atoms with van der Waals surface area (Å²) in [6, 6.07) is 5.92. The van der Waals surface area contributed by atoms with Crippen molar-refractivity contribution >= 4 is 27.4 Å². The summed E-state index contributed by atoms with van der Waals surface area (Å²) in [7, 11) is 5.35. The Morgan fingerprint density at radius 2 is 1.92 bits per heavy atom. The third-order valence-corrected chi connectivity index (χ3v) is 5.31. The van der Waals surface area contributed by atoms with Crippen LogP contribution in [0.4, 0.5) is 5.82 Å². The van der Waals surface area contributed by atoms with E-state index in [1.165, 1.54) is 10.4 Å². The predicted octanol–water partition coefficient (Wildman–Crippen LogP) is 3.96. The van der Waals surface area contributed by atoms with Crippen molar-refractivity contribution in [2.24, 2.45) is 0 Å². The summed E-state index contributed by atoms with van der Waals surface area (Å²) < 4.78 is 10.9. The summed E-state index contributed by atoms with van der Waals surface area (Å²) >= 11 is 1.71. The molecule has 6 heteroatoms. The maximum atomic E-state index is 5.54. The van der Waals surface area contributed by atoms with Crippen LogP contribution >= 0.6 is 11.3 Å². The van der Waals surface area contributed by atoms with Crippen LogP contribution in [0.25, 0.3) is 10.2 Å². The number of ether oxygens (including phenoxy) is 2. The number of hydrogen-bond acceptors (Lipinski definition) is 6. The summed E-state index contributed by atoms with van der Waals surface area (Å²) in [5.74, 6) is 2.43. The number of nitrogens with zero attached hydrogens (tertiary/aromatic N) is 3. The molecule has 2 heterocycles. The molecule has 0 N–H and O–H groups in total. The second-order valence-electron chi connectivity index (χ2n) is 5.67. The van der Waals surface area contributed by atoms with Gasteiger partial charge in [0.25, 0.3) is 0 Å². The molecule has 0 bridgehead atoms. The minimum Gasteiger partial charge on any atom is -0.493 e. The van der Waals surface area contributed by atoms with Crippen LogP contribution in [0.1, 0.15) is 16.0 Å². The van der Waals surface area contributed by atoms with Gasteiger partial charge < -0.3 is 14.4 Å². The molecule has 0 amide bonds. The van der Waals surface area contributed by atoms with Crippen LogP contribution < -0.4 is 14.4 Å². The van der Waals surface area contributed by atoms with E-state index in [-0.39, 0.29) is 0 Å². The van der Waals surface area contributed by atoms with Crippen LogP contribution in [-0.2, 0) is 6.54 Å². The minimum atomic E-state index is 0.667. The van der Waals surface area contributed by atoms with E-state index in [0.29, 0.717) is 6.54 Å². The Kier molecular flexibility index (Phi) is 4.57. The monoisotopic (exact) mass is 343 g/mol. The Balaban J connectivity index is 2.01. The van der Waals surface area contributed by atoms with Gasteiger partial charge in [-0.2, -0.15) is 0 Å². The summed E-state index contributed by atoms with van der Waals surface area (Å²) in [5.41, 5.74) is 2.30. The quantitative estimate of drug-likeness (QED) is 0.702. The maximum absolute atomic E-state index is 5.54. The van der Waals surface area contributed by atoms with Crippen molar-refractivity contribution in [3.8, 4) is 11.5 Å². The second-order valence-corrected chi connectivity index (χ2v) is 6.87. The van der Waals surface area contributed by atoms with Gasteiger partial charge in [0, 0.05) is 24.0 Å². The smallest absolute Gasteiger partial charge is 0.165 e.